The van der Waals surface area contributed by atoms with Crippen LogP contribution in [0.3, 0.4) is 0 Å². The topological polar surface area (TPSA) is 35.2 Å². The van der Waals surface area contributed by atoms with E-state index in [0.29, 0.717) is 5.56 Å². The Labute approximate surface area is 131 Å². The van der Waals surface area contributed by atoms with Crippen molar-refractivity contribution < 1.29 is 17.4 Å². The molecule has 0 saturated heterocycles. The minimum atomic E-state index is -4.42. The summed E-state index contributed by atoms with van der Waals surface area (Å²) in [4.78, 5) is 0.886. The molecule has 1 unspecified atom stereocenters. The lowest BCUT2D eigenvalue weighted by molar-refractivity contribution is -0.137. The summed E-state index contributed by atoms with van der Waals surface area (Å²) < 4.78 is 44.0. The smallest absolute Gasteiger partial charge is 0.399 e. The largest absolute Gasteiger partial charge is 0.416 e. The van der Waals surface area contributed by atoms with Crippen molar-refractivity contribution in [2.45, 2.75) is 31.0 Å². The maximum atomic E-state index is 12.8. The molecule has 0 fully saturated rings. The molecule has 0 aliphatic heterocycles. The second kappa shape index (κ2) is 6.62. The van der Waals surface area contributed by atoms with Crippen LogP contribution in [0.1, 0.15) is 29.7 Å². The average molecular weight is 327 g/mol. The summed E-state index contributed by atoms with van der Waals surface area (Å²) in [5.41, 5.74) is 6.38. The van der Waals surface area contributed by atoms with Crippen LogP contribution < -0.4 is 5.73 Å². The maximum absolute atomic E-state index is 12.8. The van der Waals surface area contributed by atoms with Gasteiger partial charge in [0.05, 0.1) is 11.7 Å². The Hall–Kier alpha value is -1.66. The minimum absolute atomic E-state index is 0.0700. The van der Waals surface area contributed by atoms with E-state index in [1.54, 1.807) is 6.92 Å². The molecule has 0 radical (unpaired) electrons. The maximum Gasteiger partial charge on any atom is 0.416 e. The number of hydrogen-bond acceptors (Lipinski definition) is 3. The van der Waals surface area contributed by atoms with E-state index in [-0.39, 0.29) is 5.69 Å². The predicted molar refractivity (Wildman–Crippen MR) is 82.4 cm³/mol. The number of nitrogens with two attached hydrogens (primary N) is 1. The van der Waals surface area contributed by atoms with Crippen molar-refractivity contribution in [3.63, 3.8) is 0 Å². The third-order valence-electron chi connectivity index (χ3n) is 3.08. The summed E-state index contributed by atoms with van der Waals surface area (Å²) in [6.45, 7) is 3.67. The summed E-state index contributed by atoms with van der Waals surface area (Å²) in [6, 6.07) is 11.2. The fourth-order valence-electron chi connectivity index (χ4n) is 1.85. The molecule has 0 aliphatic rings. The van der Waals surface area contributed by atoms with Crippen LogP contribution in [-0.4, -0.2) is 0 Å². The summed E-state index contributed by atoms with van der Waals surface area (Å²) in [6.07, 6.45) is -4.94. The second-order valence-corrected chi connectivity index (χ2v) is 5.85. The molecule has 118 valence electrons. The number of rotatable bonds is 4. The molecule has 22 heavy (non-hydrogen) atoms. The molecule has 0 saturated carbocycles. The second-order valence-electron chi connectivity index (χ2n) is 5.02. The van der Waals surface area contributed by atoms with Crippen molar-refractivity contribution in [1.29, 1.82) is 0 Å². The first-order chi connectivity index (χ1) is 10.3. The molecular weight excluding hydrogens is 311 g/mol. The van der Waals surface area contributed by atoms with Crippen molar-refractivity contribution in [1.82, 2.24) is 0 Å². The van der Waals surface area contributed by atoms with E-state index >= 15 is 0 Å². The Balaban J connectivity index is 2.10. The van der Waals surface area contributed by atoms with Crippen LogP contribution in [0.25, 0.3) is 0 Å². The van der Waals surface area contributed by atoms with Crippen molar-refractivity contribution in [2.24, 2.45) is 0 Å². The zero-order valence-electron chi connectivity index (χ0n) is 12.1. The number of halogens is 3. The minimum Gasteiger partial charge on any atom is -0.399 e. The fourth-order valence-corrected chi connectivity index (χ4v) is 2.47. The van der Waals surface area contributed by atoms with E-state index in [4.69, 9.17) is 9.92 Å². The highest BCUT2D eigenvalue weighted by Gasteiger charge is 2.31. The van der Waals surface area contributed by atoms with Crippen LogP contribution in [0.5, 0.6) is 0 Å². The van der Waals surface area contributed by atoms with Gasteiger partial charge in [0.15, 0.2) is 0 Å². The Bertz CT molecular complexity index is 641. The summed E-state index contributed by atoms with van der Waals surface area (Å²) in [5.74, 6) is 0. The average Bonchev–Trinajstić information content (AvgIpc) is 2.45. The summed E-state index contributed by atoms with van der Waals surface area (Å²) in [7, 11) is 0. The van der Waals surface area contributed by atoms with Gasteiger partial charge in [-0.1, -0.05) is 17.7 Å². The monoisotopic (exact) mass is 327 g/mol. The van der Waals surface area contributed by atoms with Crippen molar-refractivity contribution in [2.75, 3.05) is 5.73 Å². The molecule has 0 spiro atoms. The van der Waals surface area contributed by atoms with Crippen LogP contribution in [0, 0.1) is 6.92 Å². The molecular formula is C16H16F3NOS. The normalized spacial score (nSPS) is 13.1. The zero-order chi connectivity index (χ0) is 16.3. The SMILES string of the molecule is Cc1ccc(SOC(C)c2cc(N)cc(C(F)(F)F)c2)cc1. The lowest BCUT2D eigenvalue weighted by atomic mass is 10.1. The molecule has 2 nitrogen and oxygen atoms in total. The molecule has 2 N–H and O–H groups in total. The number of anilines is 1. The fraction of sp³-hybridized carbons (Fsp3) is 0.250. The molecule has 6 heteroatoms. The standard InChI is InChI=1S/C16H16F3NOS/c1-10-3-5-15(6-4-10)22-21-11(2)12-7-13(16(17,18)19)9-14(20)8-12/h3-9,11H,20H2,1-2H3. The molecule has 0 bridgehead atoms. The van der Waals surface area contributed by atoms with Gasteiger partial charge >= 0.3 is 6.18 Å². The number of alkyl halides is 3. The highest BCUT2D eigenvalue weighted by molar-refractivity contribution is 7.94. The van der Waals surface area contributed by atoms with Gasteiger partial charge in [0.1, 0.15) is 0 Å². The first-order valence-corrected chi connectivity index (χ1v) is 7.37. The molecule has 1 atom stereocenters. The first-order valence-electron chi connectivity index (χ1n) is 6.63. The molecule has 0 aromatic heterocycles. The van der Waals surface area contributed by atoms with Gasteiger partial charge in [-0.15, -0.1) is 0 Å². The summed E-state index contributed by atoms with van der Waals surface area (Å²) >= 11 is 1.13. The Morgan fingerprint density at radius 1 is 1.09 bits per heavy atom. The third kappa shape index (κ3) is 4.42. The highest BCUT2D eigenvalue weighted by atomic mass is 32.2. The van der Waals surface area contributed by atoms with Gasteiger partial charge in [0, 0.05) is 22.6 Å². The lowest BCUT2D eigenvalue weighted by Gasteiger charge is -2.15. The van der Waals surface area contributed by atoms with E-state index < -0.39 is 17.8 Å². The van der Waals surface area contributed by atoms with Gasteiger partial charge in [-0.25, -0.2) is 0 Å². The molecule has 0 aliphatic carbocycles. The van der Waals surface area contributed by atoms with Crippen molar-refractivity contribution in [3.8, 4) is 0 Å². The molecule has 0 heterocycles. The predicted octanol–water partition coefficient (Wildman–Crippen LogP) is 5.38. The molecule has 2 aromatic rings. The molecule has 0 amide bonds. The summed E-state index contributed by atoms with van der Waals surface area (Å²) in [5, 5.41) is 0. The lowest BCUT2D eigenvalue weighted by Crippen LogP contribution is -2.08. The Kier molecular flexibility index (Phi) is 5.03. The molecule has 2 aromatic carbocycles. The third-order valence-corrected chi connectivity index (χ3v) is 3.93. The highest BCUT2D eigenvalue weighted by Crippen LogP contribution is 2.35. The number of benzene rings is 2. The van der Waals surface area contributed by atoms with Gasteiger partial charge in [0.25, 0.3) is 0 Å². The van der Waals surface area contributed by atoms with E-state index in [1.165, 1.54) is 6.07 Å². The van der Waals surface area contributed by atoms with Crippen molar-refractivity contribution >= 4 is 17.7 Å². The van der Waals surface area contributed by atoms with Crippen LogP contribution in [-0.2, 0) is 10.4 Å². The number of aryl methyl sites for hydroxylation is 1. The number of hydrogen-bond donors (Lipinski definition) is 1. The van der Waals surface area contributed by atoms with E-state index in [9.17, 15) is 13.2 Å². The quantitative estimate of drug-likeness (QED) is 0.605. The van der Waals surface area contributed by atoms with E-state index in [2.05, 4.69) is 0 Å². The zero-order valence-corrected chi connectivity index (χ0v) is 13.0. The Morgan fingerprint density at radius 3 is 2.32 bits per heavy atom. The van der Waals surface area contributed by atoms with Crippen molar-refractivity contribution in [3.05, 3.63) is 59.2 Å². The van der Waals surface area contributed by atoms with Crippen LogP contribution in [0.15, 0.2) is 47.4 Å². The van der Waals surface area contributed by atoms with Crippen LogP contribution in [0.2, 0.25) is 0 Å². The Morgan fingerprint density at radius 2 is 1.73 bits per heavy atom. The van der Waals surface area contributed by atoms with E-state index in [1.807, 2.05) is 31.2 Å². The molecule has 2 rings (SSSR count). The first kappa shape index (κ1) is 16.7. The van der Waals surface area contributed by atoms with Gasteiger partial charge in [-0.2, -0.15) is 13.2 Å². The van der Waals surface area contributed by atoms with Gasteiger partial charge in [-0.3, -0.25) is 0 Å². The van der Waals surface area contributed by atoms with Gasteiger partial charge in [0.2, 0.25) is 0 Å². The van der Waals surface area contributed by atoms with Crippen LogP contribution >= 0.6 is 12.0 Å². The van der Waals surface area contributed by atoms with Gasteiger partial charge < -0.3 is 9.92 Å². The van der Waals surface area contributed by atoms with E-state index in [0.717, 1.165) is 34.6 Å². The van der Waals surface area contributed by atoms with Crippen LogP contribution in [0.4, 0.5) is 18.9 Å². The number of nitrogen functional groups attached to an aromatic ring is 1. The van der Waals surface area contributed by atoms with Gasteiger partial charge in [-0.05, 0) is 49.7 Å².